The second-order valence-corrected chi connectivity index (χ2v) is 6.68. The second-order valence-electron chi connectivity index (χ2n) is 6.68. The Balaban J connectivity index is 1.25. The largest absolute Gasteiger partial charge is 0.471 e. The van der Waals surface area contributed by atoms with Crippen LogP contribution < -0.4 is 4.74 Å². The summed E-state index contributed by atoms with van der Waals surface area (Å²) in [6.07, 6.45) is -0.0388. The molecule has 0 aliphatic carbocycles. The van der Waals surface area contributed by atoms with Crippen molar-refractivity contribution in [3.63, 3.8) is 0 Å². The molecule has 5 rings (SSSR count). The molecule has 132 valence electrons. The molecule has 2 aromatic carbocycles. The number of benzene rings is 2. The first-order chi connectivity index (χ1) is 13.3. The van der Waals surface area contributed by atoms with Crippen LogP contribution >= 0.6 is 0 Å². The van der Waals surface area contributed by atoms with E-state index >= 15 is 0 Å². The number of pyridine rings is 2. The molecule has 2 aromatic heterocycles. The summed E-state index contributed by atoms with van der Waals surface area (Å²) in [4.78, 5) is 23.4. The summed E-state index contributed by atoms with van der Waals surface area (Å²) in [6, 6.07) is 23.3. The average Bonchev–Trinajstić information content (AvgIpc) is 2.69. The van der Waals surface area contributed by atoms with Crippen LogP contribution in [0, 0.1) is 0 Å². The number of aromatic nitrogens is 2. The Bertz CT molecular complexity index is 1150. The van der Waals surface area contributed by atoms with Crippen LogP contribution in [0.5, 0.6) is 5.88 Å². The monoisotopic (exact) mass is 355 g/mol. The molecule has 0 unspecified atom stereocenters. The van der Waals surface area contributed by atoms with Crippen LogP contribution in [0.15, 0.2) is 72.8 Å². The third-order valence-corrected chi connectivity index (χ3v) is 4.81. The van der Waals surface area contributed by atoms with Crippen LogP contribution in [0.1, 0.15) is 10.5 Å². The van der Waals surface area contributed by atoms with Gasteiger partial charge in [-0.3, -0.25) is 4.79 Å². The molecule has 5 nitrogen and oxygen atoms in total. The van der Waals surface area contributed by atoms with E-state index in [-0.39, 0.29) is 12.0 Å². The van der Waals surface area contributed by atoms with Crippen LogP contribution in [0.25, 0.3) is 21.8 Å². The molecule has 5 heteroatoms. The molecule has 0 spiro atoms. The third kappa shape index (κ3) is 2.97. The van der Waals surface area contributed by atoms with Gasteiger partial charge in [0.05, 0.1) is 24.1 Å². The zero-order chi connectivity index (χ0) is 18.2. The van der Waals surface area contributed by atoms with Crippen LogP contribution in [-0.2, 0) is 0 Å². The van der Waals surface area contributed by atoms with E-state index in [1.165, 1.54) is 0 Å². The lowest BCUT2D eigenvalue weighted by molar-refractivity contribution is 0.0157. The topological polar surface area (TPSA) is 55.3 Å². The van der Waals surface area contributed by atoms with Crippen molar-refractivity contribution in [3.8, 4) is 5.88 Å². The fraction of sp³-hybridized carbons (Fsp3) is 0.136. The number of fused-ring (bicyclic) bond motifs is 2. The quantitative estimate of drug-likeness (QED) is 0.562. The Morgan fingerprint density at radius 1 is 0.815 bits per heavy atom. The smallest absolute Gasteiger partial charge is 0.272 e. The Morgan fingerprint density at radius 2 is 1.44 bits per heavy atom. The van der Waals surface area contributed by atoms with Crippen molar-refractivity contribution in [2.45, 2.75) is 6.10 Å². The van der Waals surface area contributed by atoms with E-state index in [4.69, 9.17) is 4.74 Å². The Morgan fingerprint density at radius 3 is 2.19 bits per heavy atom. The van der Waals surface area contributed by atoms with Crippen molar-refractivity contribution in [1.82, 2.24) is 14.9 Å². The molecule has 1 aliphatic rings. The number of likely N-dealkylation sites (tertiary alicyclic amines) is 1. The van der Waals surface area contributed by atoms with Gasteiger partial charge < -0.3 is 9.64 Å². The number of nitrogens with zero attached hydrogens (tertiary/aromatic N) is 3. The molecule has 0 saturated carbocycles. The van der Waals surface area contributed by atoms with Crippen LogP contribution in [0.3, 0.4) is 0 Å². The molecular weight excluding hydrogens is 338 g/mol. The van der Waals surface area contributed by atoms with Crippen LogP contribution in [0.2, 0.25) is 0 Å². The van der Waals surface area contributed by atoms with Crippen molar-refractivity contribution in [3.05, 3.63) is 78.5 Å². The molecule has 0 N–H and O–H groups in total. The van der Waals surface area contributed by atoms with E-state index in [1.54, 1.807) is 11.0 Å². The summed E-state index contributed by atoms with van der Waals surface area (Å²) in [6.45, 7) is 1.09. The van der Waals surface area contributed by atoms with Gasteiger partial charge in [0.1, 0.15) is 11.8 Å². The zero-order valence-electron chi connectivity index (χ0n) is 14.6. The molecule has 0 radical (unpaired) electrons. The highest BCUT2D eigenvalue weighted by Gasteiger charge is 2.33. The van der Waals surface area contributed by atoms with Gasteiger partial charge in [-0.15, -0.1) is 0 Å². The Labute approximate surface area is 156 Å². The minimum atomic E-state index is -0.0629. The maximum absolute atomic E-state index is 12.6. The van der Waals surface area contributed by atoms with E-state index in [2.05, 4.69) is 9.97 Å². The number of carbonyl (C=O) groups excluding carboxylic acids is 1. The average molecular weight is 355 g/mol. The van der Waals surface area contributed by atoms with Gasteiger partial charge in [0, 0.05) is 16.8 Å². The number of hydrogen-bond donors (Lipinski definition) is 0. The number of para-hydroxylation sites is 2. The fourth-order valence-corrected chi connectivity index (χ4v) is 3.31. The molecule has 1 aliphatic heterocycles. The van der Waals surface area contributed by atoms with Crippen molar-refractivity contribution in [2.75, 3.05) is 13.1 Å². The van der Waals surface area contributed by atoms with Gasteiger partial charge in [-0.05, 0) is 24.3 Å². The van der Waals surface area contributed by atoms with Gasteiger partial charge in [-0.25, -0.2) is 9.97 Å². The number of carbonyl (C=O) groups is 1. The highest BCUT2D eigenvalue weighted by Crippen LogP contribution is 2.21. The lowest BCUT2D eigenvalue weighted by atomic mass is 10.1. The molecule has 27 heavy (non-hydrogen) atoms. The van der Waals surface area contributed by atoms with E-state index in [9.17, 15) is 4.79 Å². The Kier molecular flexibility index (Phi) is 3.71. The fourth-order valence-electron chi connectivity index (χ4n) is 3.31. The summed E-state index contributed by atoms with van der Waals surface area (Å²) < 4.78 is 5.92. The number of rotatable bonds is 3. The Hall–Kier alpha value is -3.47. The minimum Gasteiger partial charge on any atom is -0.471 e. The number of amides is 1. The molecule has 0 atom stereocenters. The van der Waals surface area contributed by atoms with E-state index < -0.39 is 0 Å². The lowest BCUT2D eigenvalue weighted by Crippen LogP contribution is -2.56. The van der Waals surface area contributed by atoms with E-state index in [0.29, 0.717) is 24.7 Å². The maximum Gasteiger partial charge on any atom is 0.272 e. The van der Waals surface area contributed by atoms with E-state index in [1.807, 2.05) is 66.7 Å². The van der Waals surface area contributed by atoms with Crippen molar-refractivity contribution in [2.24, 2.45) is 0 Å². The SMILES string of the molecule is O=C(c1ccc2ccccc2n1)N1CC(Oc2ccc3ccccc3n2)C1. The van der Waals surface area contributed by atoms with Crippen molar-refractivity contribution < 1.29 is 9.53 Å². The van der Waals surface area contributed by atoms with Crippen LogP contribution in [0.4, 0.5) is 0 Å². The molecule has 1 saturated heterocycles. The van der Waals surface area contributed by atoms with Crippen molar-refractivity contribution in [1.29, 1.82) is 0 Å². The summed E-state index contributed by atoms with van der Waals surface area (Å²) in [5.74, 6) is 0.529. The first-order valence-corrected chi connectivity index (χ1v) is 8.94. The highest BCUT2D eigenvalue weighted by atomic mass is 16.5. The first-order valence-electron chi connectivity index (χ1n) is 8.94. The predicted molar refractivity (Wildman–Crippen MR) is 104 cm³/mol. The summed E-state index contributed by atoms with van der Waals surface area (Å²) in [5.41, 5.74) is 2.20. The standard InChI is InChI=1S/C22H17N3O2/c26-22(20-11-9-15-5-1-3-7-18(15)23-20)25-13-17(14-25)27-21-12-10-16-6-2-4-8-19(16)24-21/h1-12,17H,13-14H2. The summed E-state index contributed by atoms with van der Waals surface area (Å²) in [5, 5.41) is 2.11. The van der Waals surface area contributed by atoms with Gasteiger partial charge in [0.25, 0.3) is 5.91 Å². The number of hydrogen-bond acceptors (Lipinski definition) is 4. The third-order valence-electron chi connectivity index (χ3n) is 4.81. The predicted octanol–water partition coefficient (Wildman–Crippen LogP) is 3.69. The molecular formula is C22H17N3O2. The minimum absolute atomic E-state index is 0.0388. The first kappa shape index (κ1) is 15.8. The van der Waals surface area contributed by atoms with Gasteiger partial charge in [0.2, 0.25) is 5.88 Å². The van der Waals surface area contributed by atoms with Crippen molar-refractivity contribution >= 4 is 27.7 Å². The second kappa shape index (κ2) is 6.36. The number of ether oxygens (including phenoxy) is 1. The normalized spacial score (nSPS) is 14.3. The lowest BCUT2D eigenvalue weighted by Gasteiger charge is -2.38. The van der Waals surface area contributed by atoms with Gasteiger partial charge in [-0.2, -0.15) is 0 Å². The zero-order valence-corrected chi connectivity index (χ0v) is 14.6. The van der Waals surface area contributed by atoms with Crippen LogP contribution in [-0.4, -0.2) is 40.0 Å². The van der Waals surface area contributed by atoms with E-state index in [0.717, 1.165) is 21.8 Å². The molecule has 1 fully saturated rings. The summed E-state index contributed by atoms with van der Waals surface area (Å²) in [7, 11) is 0. The van der Waals surface area contributed by atoms with Gasteiger partial charge >= 0.3 is 0 Å². The van der Waals surface area contributed by atoms with Gasteiger partial charge in [0.15, 0.2) is 0 Å². The maximum atomic E-state index is 12.6. The summed E-state index contributed by atoms with van der Waals surface area (Å²) >= 11 is 0. The highest BCUT2D eigenvalue weighted by molar-refractivity contribution is 5.95. The molecule has 4 aromatic rings. The molecule has 3 heterocycles. The van der Waals surface area contributed by atoms with Gasteiger partial charge in [-0.1, -0.05) is 42.5 Å². The molecule has 0 bridgehead atoms. The molecule has 1 amide bonds.